The Morgan fingerprint density at radius 3 is 2.94 bits per heavy atom. The van der Waals surface area contributed by atoms with E-state index in [1.165, 1.54) is 19.4 Å². The van der Waals surface area contributed by atoms with Gasteiger partial charge in [-0.1, -0.05) is 18.2 Å². The zero-order valence-corrected chi connectivity index (χ0v) is 9.86. The zero-order chi connectivity index (χ0) is 11.4. The van der Waals surface area contributed by atoms with Gasteiger partial charge in [0.25, 0.3) is 0 Å². The normalized spacial score (nSPS) is 21.2. The molecule has 1 aliphatic heterocycles. The first kappa shape index (κ1) is 11.4. The van der Waals surface area contributed by atoms with Gasteiger partial charge in [0.2, 0.25) is 0 Å². The van der Waals surface area contributed by atoms with Crippen molar-refractivity contribution >= 4 is 0 Å². The Bertz CT molecular complexity index is 340. The highest BCUT2D eigenvalue weighted by Crippen LogP contribution is 2.20. The Hall–Kier alpha value is -1.06. The molecule has 1 atom stereocenters. The van der Waals surface area contributed by atoms with Crippen LogP contribution in [0.4, 0.5) is 0 Å². The third kappa shape index (κ3) is 2.54. The first-order chi connectivity index (χ1) is 7.81. The minimum absolute atomic E-state index is 0.538. The molecule has 2 N–H and O–H groups in total. The van der Waals surface area contributed by atoms with Gasteiger partial charge in [-0.25, -0.2) is 0 Å². The molecule has 0 bridgehead atoms. The number of hydrogen-bond acceptors (Lipinski definition) is 3. The minimum atomic E-state index is 0.538. The maximum atomic E-state index is 5.86. The molecule has 1 heterocycles. The number of likely N-dealkylation sites (N-methyl/N-ethyl adjacent to an activating group) is 1. The van der Waals surface area contributed by atoms with Gasteiger partial charge >= 0.3 is 0 Å². The lowest BCUT2D eigenvalue weighted by Crippen LogP contribution is -2.30. The van der Waals surface area contributed by atoms with Gasteiger partial charge in [0.15, 0.2) is 0 Å². The molecule has 1 aromatic rings. The smallest absolute Gasteiger partial charge is 0.123 e. The van der Waals surface area contributed by atoms with E-state index in [1.54, 1.807) is 0 Å². The molecule has 3 nitrogen and oxygen atoms in total. The Morgan fingerprint density at radius 1 is 1.44 bits per heavy atom. The molecule has 0 aliphatic carbocycles. The third-order valence-corrected chi connectivity index (χ3v) is 3.30. The summed E-state index contributed by atoms with van der Waals surface area (Å²) in [4.78, 5) is 2.37. The van der Waals surface area contributed by atoms with Gasteiger partial charge in [0.1, 0.15) is 12.4 Å². The van der Waals surface area contributed by atoms with Crippen LogP contribution < -0.4 is 10.5 Å². The standard InChI is InChI=1S/C13H20N2O/c1-15-8-4-6-12(15)10-16-13-7-3-2-5-11(13)9-14/h2-3,5,7,12H,4,6,8-10,14H2,1H3. The van der Waals surface area contributed by atoms with Gasteiger partial charge in [-0.15, -0.1) is 0 Å². The molecule has 16 heavy (non-hydrogen) atoms. The number of nitrogens with zero attached hydrogens (tertiary/aromatic N) is 1. The van der Waals surface area contributed by atoms with Crippen LogP contribution in [0.1, 0.15) is 18.4 Å². The van der Waals surface area contributed by atoms with Crippen LogP contribution in [0.2, 0.25) is 0 Å². The van der Waals surface area contributed by atoms with Crippen molar-refractivity contribution in [3.63, 3.8) is 0 Å². The van der Waals surface area contributed by atoms with Gasteiger partial charge in [-0.05, 0) is 32.5 Å². The van der Waals surface area contributed by atoms with Crippen molar-refractivity contribution in [2.75, 3.05) is 20.2 Å². The average molecular weight is 220 g/mol. The van der Waals surface area contributed by atoms with Crippen molar-refractivity contribution in [3.05, 3.63) is 29.8 Å². The summed E-state index contributed by atoms with van der Waals surface area (Å²) < 4.78 is 5.86. The summed E-state index contributed by atoms with van der Waals surface area (Å²) in [6, 6.07) is 8.57. The number of benzene rings is 1. The maximum absolute atomic E-state index is 5.86. The molecule has 1 saturated heterocycles. The molecule has 1 aromatic carbocycles. The largest absolute Gasteiger partial charge is 0.492 e. The number of ether oxygens (including phenoxy) is 1. The quantitative estimate of drug-likeness (QED) is 0.838. The lowest BCUT2D eigenvalue weighted by Gasteiger charge is -2.20. The van der Waals surface area contributed by atoms with E-state index in [4.69, 9.17) is 10.5 Å². The number of rotatable bonds is 4. The van der Waals surface area contributed by atoms with Gasteiger partial charge < -0.3 is 15.4 Å². The van der Waals surface area contributed by atoms with Crippen molar-refractivity contribution in [2.45, 2.75) is 25.4 Å². The zero-order valence-electron chi connectivity index (χ0n) is 9.86. The Kier molecular flexibility index (Phi) is 3.80. The summed E-state index contributed by atoms with van der Waals surface area (Å²) in [6.45, 7) is 2.50. The van der Waals surface area contributed by atoms with E-state index in [0.717, 1.165) is 17.9 Å². The van der Waals surface area contributed by atoms with Crippen molar-refractivity contribution in [1.29, 1.82) is 0 Å². The van der Waals surface area contributed by atoms with Crippen LogP contribution in [0, 0.1) is 0 Å². The molecule has 1 aliphatic rings. The predicted octanol–water partition coefficient (Wildman–Crippen LogP) is 1.62. The fourth-order valence-corrected chi connectivity index (χ4v) is 2.19. The van der Waals surface area contributed by atoms with Crippen LogP contribution in [0.3, 0.4) is 0 Å². The first-order valence-electron chi connectivity index (χ1n) is 5.92. The molecular weight excluding hydrogens is 200 g/mol. The molecule has 0 saturated carbocycles. The predicted molar refractivity (Wildman–Crippen MR) is 65.5 cm³/mol. The number of hydrogen-bond donors (Lipinski definition) is 1. The summed E-state index contributed by atoms with van der Waals surface area (Å²) in [6.07, 6.45) is 2.52. The average Bonchev–Trinajstić information content (AvgIpc) is 2.72. The van der Waals surface area contributed by atoms with E-state index in [9.17, 15) is 0 Å². The maximum Gasteiger partial charge on any atom is 0.123 e. The van der Waals surface area contributed by atoms with Crippen molar-refractivity contribution in [3.8, 4) is 5.75 Å². The highest BCUT2D eigenvalue weighted by Gasteiger charge is 2.21. The van der Waals surface area contributed by atoms with Crippen LogP contribution in [-0.2, 0) is 6.54 Å². The van der Waals surface area contributed by atoms with Gasteiger partial charge in [0, 0.05) is 18.2 Å². The molecule has 0 aromatic heterocycles. The number of para-hydroxylation sites is 1. The Balaban J connectivity index is 1.93. The SMILES string of the molecule is CN1CCCC1COc1ccccc1CN. The van der Waals surface area contributed by atoms with Crippen molar-refractivity contribution in [1.82, 2.24) is 4.90 Å². The molecule has 2 rings (SSSR count). The van der Waals surface area contributed by atoms with E-state index in [2.05, 4.69) is 11.9 Å². The Labute approximate surface area is 97.2 Å². The summed E-state index contributed by atoms with van der Waals surface area (Å²) in [5.41, 5.74) is 6.76. The fourth-order valence-electron chi connectivity index (χ4n) is 2.19. The van der Waals surface area contributed by atoms with Crippen LogP contribution in [0.25, 0.3) is 0 Å². The van der Waals surface area contributed by atoms with E-state index in [0.29, 0.717) is 12.6 Å². The van der Waals surface area contributed by atoms with E-state index >= 15 is 0 Å². The first-order valence-corrected chi connectivity index (χ1v) is 5.92. The van der Waals surface area contributed by atoms with E-state index < -0.39 is 0 Å². The molecule has 0 amide bonds. The van der Waals surface area contributed by atoms with Gasteiger partial charge in [-0.2, -0.15) is 0 Å². The summed E-state index contributed by atoms with van der Waals surface area (Å²) >= 11 is 0. The van der Waals surface area contributed by atoms with Crippen LogP contribution in [0.5, 0.6) is 5.75 Å². The highest BCUT2D eigenvalue weighted by molar-refractivity contribution is 5.33. The second-order valence-corrected chi connectivity index (χ2v) is 4.40. The molecule has 0 spiro atoms. The summed E-state index contributed by atoms with van der Waals surface area (Å²) in [5.74, 6) is 0.935. The van der Waals surface area contributed by atoms with Gasteiger partial charge in [0.05, 0.1) is 0 Å². The summed E-state index contributed by atoms with van der Waals surface area (Å²) in [5, 5.41) is 0. The minimum Gasteiger partial charge on any atom is -0.492 e. The molecule has 1 fully saturated rings. The second kappa shape index (κ2) is 5.32. The van der Waals surface area contributed by atoms with Crippen molar-refractivity contribution in [2.24, 2.45) is 5.73 Å². The number of nitrogens with two attached hydrogens (primary N) is 1. The Morgan fingerprint density at radius 2 is 2.25 bits per heavy atom. The molecule has 0 radical (unpaired) electrons. The fraction of sp³-hybridized carbons (Fsp3) is 0.538. The number of likely N-dealkylation sites (tertiary alicyclic amines) is 1. The molecular formula is C13H20N2O. The van der Waals surface area contributed by atoms with Crippen molar-refractivity contribution < 1.29 is 4.74 Å². The third-order valence-electron chi connectivity index (χ3n) is 3.30. The van der Waals surface area contributed by atoms with E-state index in [-0.39, 0.29) is 0 Å². The molecule has 1 unspecified atom stereocenters. The topological polar surface area (TPSA) is 38.5 Å². The summed E-state index contributed by atoms with van der Waals surface area (Å²) in [7, 11) is 2.16. The van der Waals surface area contributed by atoms with Gasteiger partial charge in [-0.3, -0.25) is 0 Å². The van der Waals surface area contributed by atoms with E-state index in [1.807, 2.05) is 24.3 Å². The highest BCUT2D eigenvalue weighted by atomic mass is 16.5. The van der Waals surface area contributed by atoms with Crippen LogP contribution in [0.15, 0.2) is 24.3 Å². The van der Waals surface area contributed by atoms with Crippen LogP contribution >= 0.6 is 0 Å². The second-order valence-electron chi connectivity index (χ2n) is 4.40. The lowest BCUT2D eigenvalue weighted by atomic mass is 10.2. The molecule has 3 heteroatoms. The molecule has 88 valence electrons. The monoisotopic (exact) mass is 220 g/mol. The van der Waals surface area contributed by atoms with Crippen LogP contribution in [-0.4, -0.2) is 31.1 Å². The lowest BCUT2D eigenvalue weighted by molar-refractivity contribution is 0.197.